The van der Waals surface area contributed by atoms with Crippen LogP contribution in [0.2, 0.25) is 0 Å². The highest BCUT2D eigenvalue weighted by Crippen LogP contribution is 2.37. The zero-order chi connectivity index (χ0) is 20.7. The minimum absolute atomic E-state index is 0.0638. The molecular weight excluding hydrogens is 378 g/mol. The highest BCUT2D eigenvalue weighted by Gasteiger charge is 2.56. The van der Waals surface area contributed by atoms with E-state index in [1.807, 2.05) is 30.3 Å². The molecule has 1 spiro atoms. The molecular formula is C24H25N3O3. The molecule has 0 saturated carbocycles. The number of fused-ring (bicyclic) bond motifs is 1. The number of urea groups is 1. The molecule has 6 nitrogen and oxygen atoms in total. The van der Waals surface area contributed by atoms with Gasteiger partial charge in [-0.1, -0.05) is 36.4 Å². The molecule has 30 heavy (non-hydrogen) atoms. The lowest BCUT2D eigenvalue weighted by atomic mass is 9.86. The maximum Gasteiger partial charge on any atom is 0.327 e. The van der Waals surface area contributed by atoms with Crippen molar-refractivity contribution in [1.29, 1.82) is 0 Å². The molecule has 3 amide bonds. The van der Waals surface area contributed by atoms with Gasteiger partial charge in [0, 0.05) is 32.2 Å². The van der Waals surface area contributed by atoms with E-state index in [4.69, 9.17) is 4.42 Å². The van der Waals surface area contributed by atoms with Crippen molar-refractivity contribution in [2.24, 2.45) is 0 Å². The van der Waals surface area contributed by atoms with Crippen LogP contribution in [0.1, 0.15) is 24.0 Å². The third kappa shape index (κ3) is 3.08. The number of carbonyl (C=O) groups is 2. The van der Waals surface area contributed by atoms with Gasteiger partial charge in [0.15, 0.2) is 0 Å². The fraction of sp³-hybridized carbons (Fsp3) is 0.333. The van der Waals surface area contributed by atoms with Crippen molar-refractivity contribution in [1.82, 2.24) is 14.7 Å². The Bertz CT molecular complexity index is 1080. The molecule has 0 unspecified atom stereocenters. The van der Waals surface area contributed by atoms with Crippen LogP contribution in [-0.4, -0.2) is 52.3 Å². The number of likely N-dealkylation sites (tertiary alicyclic amines) is 1. The van der Waals surface area contributed by atoms with Crippen LogP contribution in [0.15, 0.2) is 65.5 Å². The van der Waals surface area contributed by atoms with Gasteiger partial charge in [-0.05, 0) is 41.3 Å². The number of carbonyl (C=O) groups excluding carboxylic acids is 2. The number of hydrogen-bond donors (Lipinski definition) is 0. The van der Waals surface area contributed by atoms with E-state index in [1.165, 1.54) is 4.90 Å². The molecule has 2 saturated heterocycles. The number of nitrogens with zero attached hydrogens (tertiary/aromatic N) is 3. The van der Waals surface area contributed by atoms with Crippen LogP contribution in [0.4, 0.5) is 4.79 Å². The summed E-state index contributed by atoms with van der Waals surface area (Å²) in [6.45, 7) is 2.67. The number of rotatable bonds is 4. The van der Waals surface area contributed by atoms with E-state index in [2.05, 4.69) is 23.1 Å². The summed E-state index contributed by atoms with van der Waals surface area (Å²) in [5, 5.41) is 2.27. The van der Waals surface area contributed by atoms with E-state index >= 15 is 0 Å². The summed E-state index contributed by atoms with van der Waals surface area (Å²) < 4.78 is 5.15. The predicted octanol–water partition coefficient (Wildman–Crippen LogP) is 3.86. The Hall–Kier alpha value is -3.12. The second-order valence-electron chi connectivity index (χ2n) is 8.35. The quantitative estimate of drug-likeness (QED) is 0.621. The van der Waals surface area contributed by atoms with Crippen molar-refractivity contribution in [3.05, 3.63) is 72.2 Å². The molecule has 3 heterocycles. The first-order valence-corrected chi connectivity index (χ1v) is 10.4. The first-order valence-electron chi connectivity index (χ1n) is 10.4. The molecule has 2 fully saturated rings. The number of hydrogen-bond acceptors (Lipinski definition) is 4. The van der Waals surface area contributed by atoms with Crippen LogP contribution < -0.4 is 0 Å². The first-order chi connectivity index (χ1) is 14.6. The van der Waals surface area contributed by atoms with Gasteiger partial charge in [-0.3, -0.25) is 14.6 Å². The van der Waals surface area contributed by atoms with Crippen LogP contribution in [0, 0.1) is 0 Å². The van der Waals surface area contributed by atoms with Gasteiger partial charge in [-0.25, -0.2) is 4.79 Å². The summed E-state index contributed by atoms with van der Waals surface area (Å²) in [5.74, 6) is -0.0638. The Morgan fingerprint density at radius 2 is 1.70 bits per heavy atom. The summed E-state index contributed by atoms with van der Waals surface area (Å²) in [7, 11) is 1.77. The average molecular weight is 403 g/mol. The largest absolute Gasteiger partial charge is 0.472 e. The van der Waals surface area contributed by atoms with Crippen LogP contribution in [0.3, 0.4) is 0 Å². The molecule has 6 heteroatoms. The fourth-order valence-corrected chi connectivity index (χ4v) is 4.78. The van der Waals surface area contributed by atoms with Gasteiger partial charge in [-0.2, -0.15) is 0 Å². The monoisotopic (exact) mass is 403 g/mol. The SMILES string of the molecule is CN1C(=O)N(Cc2ccc3ccccc3c2)C(=O)C12CCN(Cc1ccoc1)CC2. The smallest absolute Gasteiger partial charge is 0.327 e. The standard InChI is InChI=1S/C24H25N3O3/c1-25-23(29)27(16-18-6-7-20-4-2-3-5-21(20)14-18)22(28)24(25)9-11-26(12-10-24)15-19-8-13-30-17-19/h2-8,13-14,17H,9-12,15-16H2,1H3. The number of piperidine rings is 1. The first kappa shape index (κ1) is 18.9. The highest BCUT2D eigenvalue weighted by atomic mass is 16.3. The van der Waals surface area contributed by atoms with Crippen molar-refractivity contribution in [2.75, 3.05) is 20.1 Å². The summed E-state index contributed by atoms with van der Waals surface area (Å²) in [5.41, 5.74) is 1.38. The molecule has 154 valence electrons. The Kier molecular flexibility index (Phi) is 4.59. The summed E-state index contributed by atoms with van der Waals surface area (Å²) >= 11 is 0. The van der Waals surface area contributed by atoms with Gasteiger partial charge in [0.05, 0.1) is 19.1 Å². The topological polar surface area (TPSA) is 57.0 Å². The maximum atomic E-state index is 13.4. The Labute approximate surface area is 175 Å². The molecule has 3 aromatic rings. The second-order valence-corrected chi connectivity index (χ2v) is 8.35. The van der Waals surface area contributed by atoms with Crippen molar-refractivity contribution in [3.63, 3.8) is 0 Å². The molecule has 2 aromatic carbocycles. The van der Waals surface area contributed by atoms with Crippen LogP contribution in [0.5, 0.6) is 0 Å². The molecule has 5 rings (SSSR count). The van der Waals surface area contributed by atoms with Crippen LogP contribution in [-0.2, 0) is 17.9 Å². The van der Waals surface area contributed by atoms with E-state index in [1.54, 1.807) is 24.5 Å². The molecule has 0 atom stereocenters. The highest BCUT2D eigenvalue weighted by molar-refractivity contribution is 6.07. The van der Waals surface area contributed by atoms with Gasteiger partial charge in [-0.15, -0.1) is 0 Å². The summed E-state index contributed by atoms with van der Waals surface area (Å²) in [4.78, 5) is 31.8. The van der Waals surface area contributed by atoms with E-state index in [0.717, 1.165) is 41.5 Å². The van der Waals surface area contributed by atoms with Crippen molar-refractivity contribution < 1.29 is 14.0 Å². The van der Waals surface area contributed by atoms with Crippen LogP contribution >= 0.6 is 0 Å². The second kappa shape index (κ2) is 7.29. The molecule has 0 aliphatic carbocycles. The van der Waals surface area contributed by atoms with E-state index < -0.39 is 5.54 Å². The number of likely N-dealkylation sites (N-methyl/N-ethyl adjacent to an activating group) is 1. The van der Waals surface area contributed by atoms with E-state index in [0.29, 0.717) is 19.4 Å². The van der Waals surface area contributed by atoms with Gasteiger partial charge < -0.3 is 9.32 Å². The lowest BCUT2D eigenvalue weighted by Crippen LogP contribution is -2.55. The number of furan rings is 1. The minimum atomic E-state index is -0.721. The van der Waals surface area contributed by atoms with Gasteiger partial charge in [0.2, 0.25) is 0 Å². The third-order valence-electron chi connectivity index (χ3n) is 6.63. The van der Waals surface area contributed by atoms with Crippen molar-refractivity contribution in [3.8, 4) is 0 Å². The summed E-state index contributed by atoms with van der Waals surface area (Å²) in [6.07, 6.45) is 4.74. The Morgan fingerprint density at radius 1 is 0.933 bits per heavy atom. The van der Waals surface area contributed by atoms with Gasteiger partial charge in [0.25, 0.3) is 5.91 Å². The van der Waals surface area contributed by atoms with Crippen molar-refractivity contribution >= 4 is 22.7 Å². The van der Waals surface area contributed by atoms with Crippen LogP contribution in [0.25, 0.3) is 10.8 Å². The lowest BCUT2D eigenvalue weighted by molar-refractivity contribution is -0.135. The Balaban J connectivity index is 1.32. The van der Waals surface area contributed by atoms with E-state index in [-0.39, 0.29) is 11.9 Å². The van der Waals surface area contributed by atoms with E-state index in [9.17, 15) is 9.59 Å². The van der Waals surface area contributed by atoms with Gasteiger partial charge >= 0.3 is 6.03 Å². The lowest BCUT2D eigenvalue weighted by Gasteiger charge is -2.40. The molecule has 0 radical (unpaired) electrons. The molecule has 2 aliphatic rings. The minimum Gasteiger partial charge on any atom is -0.472 e. The zero-order valence-electron chi connectivity index (χ0n) is 17.1. The van der Waals surface area contributed by atoms with Gasteiger partial charge in [0.1, 0.15) is 5.54 Å². The predicted molar refractivity (Wildman–Crippen MR) is 114 cm³/mol. The number of benzene rings is 2. The fourth-order valence-electron chi connectivity index (χ4n) is 4.78. The molecule has 0 N–H and O–H groups in total. The molecule has 0 bridgehead atoms. The number of imide groups is 1. The maximum absolute atomic E-state index is 13.4. The average Bonchev–Trinajstić information content (AvgIpc) is 3.34. The molecule has 2 aliphatic heterocycles. The normalized spacial score (nSPS) is 19.4. The molecule has 1 aromatic heterocycles. The third-order valence-corrected chi connectivity index (χ3v) is 6.63. The summed E-state index contributed by atoms with van der Waals surface area (Å²) in [6, 6.07) is 16.0. The van der Waals surface area contributed by atoms with Crippen molar-refractivity contribution in [2.45, 2.75) is 31.5 Å². The zero-order valence-corrected chi connectivity index (χ0v) is 17.1. The Morgan fingerprint density at radius 3 is 2.43 bits per heavy atom. The number of amides is 3.